The standard InChI is InChI=1S/C24H32ClNO2/c1-3-27-23-15-20(16-26-21-11-6-4-5-7-12-21)14-22(25)24(23)28-17-19-10-8-9-18(2)13-19/h8-10,13-15,21,26H,3-7,11-12,16-17H2,1-2H3. The van der Waals surface area contributed by atoms with Gasteiger partial charge in [0.25, 0.3) is 0 Å². The maximum Gasteiger partial charge on any atom is 0.180 e. The monoisotopic (exact) mass is 401 g/mol. The van der Waals surface area contributed by atoms with Crippen LogP contribution in [0, 0.1) is 6.92 Å². The van der Waals surface area contributed by atoms with Gasteiger partial charge in [-0.05, 0) is 49.9 Å². The van der Waals surface area contributed by atoms with Gasteiger partial charge in [-0.2, -0.15) is 0 Å². The van der Waals surface area contributed by atoms with Crippen molar-refractivity contribution in [2.45, 2.75) is 71.6 Å². The molecule has 2 aromatic carbocycles. The summed E-state index contributed by atoms with van der Waals surface area (Å²) >= 11 is 6.58. The first-order valence-electron chi connectivity index (χ1n) is 10.5. The van der Waals surface area contributed by atoms with Gasteiger partial charge in [0.1, 0.15) is 6.61 Å². The average Bonchev–Trinajstić information content (AvgIpc) is 2.95. The van der Waals surface area contributed by atoms with Gasteiger partial charge in [0, 0.05) is 12.6 Å². The molecule has 0 radical (unpaired) electrons. The van der Waals surface area contributed by atoms with E-state index >= 15 is 0 Å². The fourth-order valence-corrected chi connectivity index (χ4v) is 4.12. The number of rotatable bonds is 8. The highest BCUT2D eigenvalue weighted by Gasteiger charge is 2.15. The van der Waals surface area contributed by atoms with Crippen LogP contribution in [-0.2, 0) is 13.2 Å². The molecule has 0 amide bonds. The third-order valence-electron chi connectivity index (χ3n) is 5.28. The van der Waals surface area contributed by atoms with E-state index in [-0.39, 0.29) is 0 Å². The summed E-state index contributed by atoms with van der Waals surface area (Å²) in [5.41, 5.74) is 3.48. The summed E-state index contributed by atoms with van der Waals surface area (Å²) in [6.45, 7) is 5.92. The van der Waals surface area contributed by atoms with Crippen molar-refractivity contribution >= 4 is 11.6 Å². The molecule has 0 spiro atoms. The van der Waals surface area contributed by atoms with Crippen LogP contribution in [0.25, 0.3) is 0 Å². The summed E-state index contributed by atoms with van der Waals surface area (Å²) in [7, 11) is 0. The summed E-state index contributed by atoms with van der Waals surface area (Å²) in [6, 6.07) is 13.0. The molecule has 0 saturated heterocycles. The maximum atomic E-state index is 6.58. The minimum absolute atomic E-state index is 0.473. The molecule has 0 atom stereocenters. The molecule has 3 nitrogen and oxygen atoms in total. The Kier molecular flexibility index (Phi) is 8.05. The zero-order valence-electron chi connectivity index (χ0n) is 17.1. The maximum absolute atomic E-state index is 6.58. The molecule has 2 aromatic rings. The second-order valence-electron chi connectivity index (χ2n) is 7.69. The van der Waals surface area contributed by atoms with E-state index in [4.69, 9.17) is 21.1 Å². The molecule has 1 fully saturated rings. The second-order valence-corrected chi connectivity index (χ2v) is 8.09. The van der Waals surface area contributed by atoms with E-state index in [2.05, 4.69) is 36.5 Å². The summed E-state index contributed by atoms with van der Waals surface area (Å²) < 4.78 is 11.9. The molecule has 1 N–H and O–H groups in total. The van der Waals surface area contributed by atoms with Gasteiger partial charge >= 0.3 is 0 Å². The van der Waals surface area contributed by atoms with Crippen LogP contribution in [0.15, 0.2) is 36.4 Å². The molecular formula is C24H32ClNO2. The van der Waals surface area contributed by atoms with Gasteiger partial charge in [-0.15, -0.1) is 0 Å². The summed E-state index contributed by atoms with van der Waals surface area (Å²) in [4.78, 5) is 0. The SMILES string of the molecule is CCOc1cc(CNC2CCCCCC2)cc(Cl)c1OCc1cccc(C)c1. The number of benzene rings is 2. The number of hydrogen-bond donors (Lipinski definition) is 1. The van der Waals surface area contributed by atoms with Crippen LogP contribution in [0.2, 0.25) is 5.02 Å². The van der Waals surface area contributed by atoms with Gasteiger partial charge in [-0.3, -0.25) is 0 Å². The topological polar surface area (TPSA) is 30.5 Å². The van der Waals surface area contributed by atoms with Crippen LogP contribution in [0.3, 0.4) is 0 Å². The van der Waals surface area contributed by atoms with E-state index in [1.165, 1.54) is 44.1 Å². The predicted molar refractivity (Wildman–Crippen MR) is 116 cm³/mol. The predicted octanol–water partition coefficient (Wildman–Crippen LogP) is 6.44. The molecule has 1 aliphatic rings. The lowest BCUT2D eigenvalue weighted by Crippen LogP contribution is -2.27. The second kappa shape index (κ2) is 10.7. The first-order chi connectivity index (χ1) is 13.7. The van der Waals surface area contributed by atoms with Crippen molar-refractivity contribution in [3.05, 3.63) is 58.1 Å². The molecule has 28 heavy (non-hydrogen) atoms. The number of ether oxygens (including phenoxy) is 2. The van der Waals surface area contributed by atoms with Gasteiger partial charge in [-0.1, -0.05) is 67.1 Å². The van der Waals surface area contributed by atoms with E-state index in [1.807, 2.05) is 19.1 Å². The van der Waals surface area contributed by atoms with Crippen molar-refractivity contribution in [3.63, 3.8) is 0 Å². The zero-order valence-corrected chi connectivity index (χ0v) is 17.9. The molecule has 0 aromatic heterocycles. The van der Waals surface area contributed by atoms with E-state index in [0.717, 1.165) is 23.4 Å². The minimum Gasteiger partial charge on any atom is -0.490 e. The van der Waals surface area contributed by atoms with Crippen LogP contribution in [0.4, 0.5) is 0 Å². The molecule has 0 heterocycles. The summed E-state index contributed by atoms with van der Waals surface area (Å²) in [5, 5.41) is 4.31. The largest absolute Gasteiger partial charge is 0.490 e. The molecule has 152 valence electrons. The zero-order chi connectivity index (χ0) is 19.8. The minimum atomic E-state index is 0.473. The normalized spacial score (nSPS) is 15.2. The van der Waals surface area contributed by atoms with Gasteiger partial charge < -0.3 is 14.8 Å². The smallest absolute Gasteiger partial charge is 0.180 e. The van der Waals surface area contributed by atoms with Crippen molar-refractivity contribution in [1.29, 1.82) is 0 Å². The number of aryl methyl sites for hydroxylation is 1. The molecule has 0 aliphatic heterocycles. The first kappa shape index (κ1) is 21.0. The fraction of sp³-hybridized carbons (Fsp3) is 0.500. The van der Waals surface area contributed by atoms with Crippen molar-refractivity contribution in [2.24, 2.45) is 0 Å². The highest BCUT2D eigenvalue weighted by molar-refractivity contribution is 6.32. The Labute approximate surface area is 174 Å². The van der Waals surface area contributed by atoms with Crippen molar-refractivity contribution in [1.82, 2.24) is 5.32 Å². The van der Waals surface area contributed by atoms with E-state index in [0.29, 0.717) is 30.0 Å². The highest BCUT2D eigenvalue weighted by atomic mass is 35.5. The van der Waals surface area contributed by atoms with Crippen LogP contribution < -0.4 is 14.8 Å². The molecule has 0 unspecified atom stereocenters. The van der Waals surface area contributed by atoms with Crippen LogP contribution in [0.1, 0.15) is 62.1 Å². The number of nitrogens with one attached hydrogen (secondary N) is 1. The summed E-state index contributed by atoms with van der Waals surface area (Å²) in [6.07, 6.45) is 7.92. The lowest BCUT2D eigenvalue weighted by Gasteiger charge is -2.18. The highest BCUT2D eigenvalue weighted by Crippen LogP contribution is 2.37. The Hall–Kier alpha value is -1.71. The van der Waals surface area contributed by atoms with Crippen molar-refractivity contribution in [2.75, 3.05) is 6.61 Å². The molecule has 1 aliphatic carbocycles. The van der Waals surface area contributed by atoms with Crippen LogP contribution in [-0.4, -0.2) is 12.6 Å². The third kappa shape index (κ3) is 6.15. The van der Waals surface area contributed by atoms with Crippen LogP contribution >= 0.6 is 11.6 Å². The third-order valence-corrected chi connectivity index (χ3v) is 5.57. The molecule has 0 bridgehead atoms. The summed E-state index contributed by atoms with van der Waals surface area (Å²) in [5.74, 6) is 1.35. The fourth-order valence-electron chi connectivity index (χ4n) is 3.83. The van der Waals surface area contributed by atoms with Gasteiger partial charge in [-0.25, -0.2) is 0 Å². The van der Waals surface area contributed by atoms with Gasteiger partial charge in [0.2, 0.25) is 0 Å². The van der Waals surface area contributed by atoms with Crippen LogP contribution in [0.5, 0.6) is 11.5 Å². The Bertz CT molecular complexity index is 754. The Balaban J connectivity index is 1.68. The lowest BCUT2D eigenvalue weighted by molar-refractivity contribution is 0.269. The lowest BCUT2D eigenvalue weighted by atomic mass is 10.1. The quantitative estimate of drug-likeness (QED) is 0.516. The molecule has 4 heteroatoms. The van der Waals surface area contributed by atoms with Crippen molar-refractivity contribution in [3.8, 4) is 11.5 Å². The van der Waals surface area contributed by atoms with E-state index < -0.39 is 0 Å². The Morgan fingerprint density at radius 1 is 1.00 bits per heavy atom. The molecule has 3 rings (SSSR count). The van der Waals surface area contributed by atoms with Gasteiger partial charge in [0.05, 0.1) is 11.6 Å². The number of halogens is 1. The van der Waals surface area contributed by atoms with Gasteiger partial charge in [0.15, 0.2) is 11.5 Å². The molecular weight excluding hydrogens is 370 g/mol. The Morgan fingerprint density at radius 3 is 2.50 bits per heavy atom. The average molecular weight is 402 g/mol. The first-order valence-corrected chi connectivity index (χ1v) is 10.9. The van der Waals surface area contributed by atoms with Crippen molar-refractivity contribution < 1.29 is 9.47 Å². The van der Waals surface area contributed by atoms with E-state index in [9.17, 15) is 0 Å². The number of hydrogen-bond acceptors (Lipinski definition) is 3. The van der Waals surface area contributed by atoms with E-state index in [1.54, 1.807) is 0 Å². The Morgan fingerprint density at radius 2 is 1.79 bits per heavy atom. The molecule has 1 saturated carbocycles.